The van der Waals surface area contributed by atoms with Crippen LogP contribution in [0.5, 0.6) is 0 Å². The molecule has 0 radical (unpaired) electrons. The average Bonchev–Trinajstić information content (AvgIpc) is 3.19. The summed E-state index contributed by atoms with van der Waals surface area (Å²) in [5.41, 5.74) is 7.31. The van der Waals surface area contributed by atoms with Crippen molar-refractivity contribution in [2.75, 3.05) is 6.54 Å². The summed E-state index contributed by atoms with van der Waals surface area (Å²) in [6.07, 6.45) is 4.29. The quantitative estimate of drug-likeness (QED) is 0.900. The van der Waals surface area contributed by atoms with Gasteiger partial charge in [-0.25, -0.2) is 0 Å². The second kappa shape index (κ2) is 4.32. The number of furan rings is 1. The summed E-state index contributed by atoms with van der Waals surface area (Å²) < 4.78 is 11.5. The molecule has 2 aromatic rings. The summed E-state index contributed by atoms with van der Waals surface area (Å²) in [4.78, 5) is 0. The van der Waals surface area contributed by atoms with Gasteiger partial charge in [-0.15, -0.1) is 0 Å². The number of benzene rings is 1. The Morgan fingerprint density at radius 2 is 2.20 bits per heavy atom. The van der Waals surface area contributed by atoms with E-state index in [0.29, 0.717) is 6.54 Å². The van der Waals surface area contributed by atoms with Gasteiger partial charge in [-0.2, -0.15) is 0 Å². The van der Waals surface area contributed by atoms with Crippen molar-refractivity contribution in [3.05, 3.63) is 36.1 Å². The zero-order chi connectivity index (χ0) is 13.7. The van der Waals surface area contributed by atoms with Gasteiger partial charge in [0.05, 0.1) is 24.6 Å². The molecular weight excluding hydrogens is 254 g/mol. The Kier molecular flexibility index (Phi) is 2.67. The number of rotatable bonds is 3. The SMILES string of the molecule is NCC1(C(O)c2coc3ccccc23)CC2CCC1O2. The maximum absolute atomic E-state index is 11.0. The molecule has 0 amide bonds. The first kappa shape index (κ1) is 12.4. The van der Waals surface area contributed by atoms with E-state index in [1.54, 1.807) is 6.26 Å². The molecule has 2 aliphatic heterocycles. The van der Waals surface area contributed by atoms with Gasteiger partial charge in [0.2, 0.25) is 0 Å². The third kappa shape index (κ3) is 1.53. The topological polar surface area (TPSA) is 68.6 Å². The third-order valence-corrected chi connectivity index (χ3v) is 5.09. The zero-order valence-electron chi connectivity index (χ0n) is 11.3. The summed E-state index contributed by atoms with van der Waals surface area (Å²) in [7, 11) is 0. The molecule has 1 aromatic carbocycles. The summed E-state index contributed by atoms with van der Waals surface area (Å²) >= 11 is 0. The number of nitrogens with two attached hydrogens (primary N) is 1. The molecule has 2 aliphatic rings. The molecule has 4 nitrogen and oxygen atoms in total. The van der Waals surface area contributed by atoms with Crippen molar-refractivity contribution >= 4 is 11.0 Å². The van der Waals surface area contributed by atoms with Crippen molar-refractivity contribution in [3.8, 4) is 0 Å². The molecule has 4 rings (SSSR count). The monoisotopic (exact) mass is 273 g/mol. The number of para-hydroxylation sites is 1. The maximum atomic E-state index is 11.0. The smallest absolute Gasteiger partial charge is 0.134 e. The van der Waals surface area contributed by atoms with Gasteiger partial charge in [0, 0.05) is 22.9 Å². The van der Waals surface area contributed by atoms with Crippen LogP contribution in [-0.2, 0) is 4.74 Å². The van der Waals surface area contributed by atoms with Crippen LogP contribution in [0.2, 0.25) is 0 Å². The van der Waals surface area contributed by atoms with Gasteiger partial charge in [-0.3, -0.25) is 0 Å². The first-order valence-corrected chi connectivity index (χ1v) is 7.24. The molecule has 0 spiro atoms. The van der Waals surface area contributed by atoms with Crippen molar-refractivity contribution in [3.63, 3.8) is 0 Å². The van der Waals surface area contributed by atoms with Crippen LogP contribution in [0.15, 0.2) is 34.9 Å². The number of ether oxygens (including phenoxy) is 1. The van der Waals surface area contributed by atoms with Crippen LogP contribution in [0, 0.1) is 5.41 Å². The number of hydrogen-bond donors (Lipinski definition) is 2. The van der Waals surface area contributed by atoms with Crippen LogP contribution < -0.4 is 5.73 Å². The fourth-order valence-electron chi connectivity index (χ4n) is 3.97. The first-order chi connectivity index (χ1) is 9.74. The van der Waals surface area contributed by atoms with Gasteiger partial charge in [0.25, 0.3) is 0 Å². The minimum atomic E-state index is -0.633. The highest BCUT2D eigenvalue weighted by atomic mass is 16.5. The molecule has 20 heavy (non-hydrogen) atoms. The Labute approximate surface area is 117 Å². The largest absolute Gasteiger partial charge is 0.464 e. The average molecular weight is 273 g/mol. The molecule has 2 bridgehead atoms. The molecule has 4 atom stereocenters. The Hall–Kier alpha value is -1.36. The van der Waals surface area contributed by atoms with Crippen LogP contribution in [0.25, 0.3) is 11.0 Å². The lowest BCUT2D eigenvalue weighted by Crippen LogP contribution is -2.44. The highest BCUT2D eigenvalue weighted by Gasteiger charge is 2.56. The normalized spacial score (nSPS) is 33.9. The molecule has 1 aromatic heterocycles. The Morgan fingerprint density at radius 3 is 2.90 bits per heavy atom. The van der Waals surface area contributed by atoms with Crippen molar-refractivity contribution in [1.82, 2.24) is 0 Å². The van der Waals surface area contributed by atoms with Crippen LogP contribution in [0.4, 0.5) is 0 Å². The van der Waals surface area contributed by atoms with Crippen molar-refractivity contribution in [2.24, 2.45) is 11.1 Å². The molecule has 3 N–H and O–H groups in total. The fraction of sp³-hybridized carbons (Fsp3) is 0.500. The molecule has 106 valence electrons. The van der Waals surface area contributed by atoms with E-state index in [9.17, 15) is 5.11 Å². The van der Waals surface area contributed by atoms with Crippen molar-refractivity contribution in [1.29, 1.82) is 0 Å². The lowest BCUT2D eigenvalue weighted by molar-refractivity contribution is -0.0260. The van der Waals surface area contributed by atoms with E-state index >= 15 is 0 Å². The third-order valence-electron chi connectivity index (χ3n) is 5.09. The molecule has 2 fully saturated rings. The predicted octanol–water partition coefficient (Wildman–Crippen LogP) is 2.36. The van der Waals surface area contributed by atoms with Crippen molar-refractivity contribution in [2.45, 2.75) is 37.6 Å². The fourth-order valence-corrected chi connectivity index (χ4v) is 3.97. The highest BCUT2D eigenvalue weighted by Crippen LogP contribution is 2.54. The number of hydrogen-bond acceptors (Lipinski definition) is 4. The van der Waals surface area contributed by atoms with Crippen molar-refractivity contribution < 1.29 is 14.3 Å². The first-order valence-electron chi connectivity index (χ1n) is 7.24. The molecule has 2 saturated heterocycles. The van der Waals surface area contributed by atoms with E-state index in [1.807, 2.05) is 24.3 Å². The minimum absolute atomic E-state index is 0.0705. The Balaban J connectivity index is 1.78. The molecule has 0 saturated carbocycles. The van der Waals surface area contributed by atoms with Gasteiger partial charge in [-0.1, -0.05) is 18.2 Å². The standard InChI is InChI=1S/C16H19NO3/c17-9-16(7-10-5-6-14(16)20-10)15(18)12-8-19-13-4-2-1-3-11(12)13/h1-4,8,10,14-15,18H,5-7,9,17H2. The van der Waals surface area contributed by atoms with Gasteiger partial charge in [0.1, 0.15) is 5.58 Å². The molecule has 4 unspecified atom stereocenters. The van der Waals surface area contributed by atoms with E-state index in [2.05, 4.69) is 0 Å². The van der Waals surface area contributed by atoms with Crippen LogP contribution in [-0.4, -0.2) is 23.9 Å². The second-order valence-corrected chi connectivity index (χ2v) is 6.06. The Morgan fingerprint density at radius 1 is 1.35 bits per heavy atom. The van der Waals surface area contributed by atoms with E-state index in [0.717, 1.165) is 35.8 Å². The Bertz CT molecular complexity index is 637. The van der Waals surface area contributed by atoms with E-state index in [4.69, 9.17) is 14.9 Å². The van der Waals surface area contributed by atoms with Crippen LogP contribution in [0.1, 0.15) is 30.9 Å². The molecule has 4 heteroatoms. The molecular formula is C16H19NO3. The molecule has 0 aliphatic carbocycles. The van der Waals surface area contributed by atoms with Gasteiger partial charge < -0.3 is 20.0 Å². The number of aliphatic hydroxyl groups excluding tert-OH is 1. The van der Waals surface area contributed by atoms with E-state index in [-0.39, 0.29) is 17.6 Å². The van der Waals surface area contributed by atoms with Gasteiger partial charge in [0.15, 0.2) is 0 Å². The number of fused-ring (bicyclic) bond motifs is 3. The van der Waals surface area contributed by atoms with E-state index < -0.39 is 6.10 Å². The van der Waals surface area contributed by atoms with Gasteiger partial charge in [-0.05, 0) is 25.3 Å². The lowest BCUT2D eigenvalue weighted by atomic mass is 9.68. The molecule has 3 heterocycles. The summed E-state index contributed by atoms with van der Waals surface area (Å²) in [5, 5.41) is 11.9. The zero-order valence-corrected chi connectivity index (χ0v) is 11.3. The van der Waals surface area contributed by atoms with Crippen LogP contribution in [0.3, 0.4) is 0 Å². The predicted molar refractivity (Wildman–Crippen MR) is 75.2 cm³/mol. The maximum Gasteiger partial charge on any atom is 0.134 e. The summed E-state index contributed by atoms with van der Waals surface area (Å²) in [6.45, 7) is 0.439. The second-order valence-electron chi connectivity index (χ2n) is 6.06. The minimum Gasteiger partial charge on any atom is -0.464 e. The summed E-state index contributed by atoms with van der Waals surface area (Å²) in [6, 6.07) is 7.79. The van der Waals surface area contributed by atoms with Crippen LogP contribution >= 0.6 is 0 Å². The summed E-state index contributed by atoms with van der Waals surface area (Å²) in [5.74, 6) is 0. The highest BCUT2D eigenvalue weighted by molar-refractivity contribution is 5.81. The van der Waals surface area contributed by atoms with Gasteiger partial charge >= 0.3 is 0 Å². The lowest BCUT2D eigenvalue weighted by Gasteiger charge is -2.38. The number of aliphatic hydroxyl groups is 1. The van der Waals surface area contributed by atoms with E-state index in [1.165, 1.54) is 0 Å².